The zero-order chi connectivity index (χ0) is 26.7. The maximum absolute atomic E-state index is 12.4. The molecule has 0 radical (unpaired) electrons. The van der Waals surface area contributed by atoms with Crippen molar-refractivity contribution in [1.29, 1.82) is 0 Å². The van der Waals surface area contributed by atoms with Crippen molar-refractivity contribution >= 4 is 12.0 Å². The monoisotopic (exact) mass is 504 g/mol. The molecule has 0 aliphatic rings. The highest BCUT2D eigenvalue weighted by molar-refractivity contribution is 5.88. The molecule has 0 aromatic heterocycles. The van der Waals surface area contributed by atoms with Crippen molar-refractivity contribution in [2.45, 2.75) is 124 Å². The molecule has 0 aliphatic heterocycles. The van der Waals surface area contributed by atoms with Crippen LogP contribution in [0.4, 0.5) is 0 Å². The van der Waals surface area contributed by atoms with Crippen LogP contribution in [0.15, 0.2) is 18.2 Å². The predicted octanol–water partition coefficient (Wildman–Crippen LogP) is 8.92. The summed E-state index contributed by atoms with van der Waals surface area (Å²) < 4.78 is 24.0. The summed E-state index contributed by atoms with van der Waals surface area (Å²) in [6, 6.07) is 3.86. The Bertz CT molecular complexity index is 713. The molecule has 5 nitrogen and oxygen atoms in total. The largest absolute Gasteiger partial charge is 0.493 e. The fraction of sp³-hybridized carbons (Fsp3) is 0.710. The minimum atomic E-state index is -0.548. The molecule has 5 heteroatoms. The van der Waals surface area contributed by atoms with Crippen molar-refractivity contribution in [3.8, 4) is 17.2 Å². The van der Waals surface area contributed by atoms with Crippen LogP contribution in [0, 0.1) is 0 Å². The Kier molecular flexibility index (Phi) is 16.8. The van der Waals surface area contributed by atoms with E-state index < -0.39 is 5.60 Å². The molecule has 0 unspecified atom stereocenters. The maximum Gasteiger partial charge on any atom is 0.331 e. The van der Waals surface area contributed by atoms with E-state index in [0.29, 0.717) is 31.3 Å². The number of hydrogen-bond acceptors (Lipinski definition) is 5. The van der Waals surface area contributed by atoms with Crippen LogP contribution >= 0.6 is 0 Å². The number of unbranched alkanes of at least 4 members (excludes halogenated alkanes) is 9. The van der Waals surface area contributed by atoms with Gasteiger partial charge in [0.1, 0.15) is 22.8 Å². The lowest BCUT2D eigenvalue weighted by Crippen LogP contribution is -2.22. The van der Waals surface area contributed by atoms with Gasteiger partial charge in [-0.3, -0.25) is 0 Å². The summed E-state index contributed by atoms with van der Waals surface area (Å²) in [7, 11) is 0. The Morgan fingerprint density at radius 2 is 1.14 bits per heavy atom. The van der Waals surface area contributed by atoms with Crippen molar-refractivity contribution in [1.82, 2.24) is 0 Å². The number of ether oxygens (including phenoxy) is 4. The van der Waals surface area contributed by atoms with E-state index in [1.165, 1.54) is 44.6 Å². The van der Waals surface area contributed by atoms with Gasteiger partial charge >= 0.3 is 5.97 Å². The molecule has 1 aromatic rings. The molecular formula is C31H52O5. The zero-order valence-electron chi connectivity index (χ0n) is 24.0. The van der Waals surface area contributed by atoms with Gasteiger partial charge in [0.05, 0.1) is 25.4 Å². The maximum atomic E-state index is 12.4. The average Bonchev–Trinajstić information content (AvgIpc) is 2.82. The summed E-state index contributed by atoms with van der Waals surface area (Å²) in [4.78, 5) is 12.4. The summed E-state index contributed by atoms with van der Waals surface area (Å²) in [5.41, 5.74) is 0.207. The lowest BCUT2D eigenvalue weighted by molar-refractivity contribution is -0.148. The minimum absolute atomic E-state index is 0.387. The third-order valence-corrected chi connectivity index (χ3v) is 5.65. The smallest absolute Gasteiger partial charge is 0.331 e. The highest BCUT2D eigenvalue weighted by Crippen LogP contribution is 2.36. The van der Waals surface area contributed by atoms with Crippen LogP contribution in [0.1, 0.15) is 124 Å². The van der Waals surface area contributed by atoms with Crippen LogP contribution in [0.3, 0.4) is 0 Å². The van der Waals surface area contributed by atoms with Gasteiger partial charge in [-0.15, -0.1) is 0 Å². The van der Waals surface area contributed by atoms with Gasteiger partial charge in [0.25, 0.3) is 0 Å². The first-order valence-electron chi connectivity index (χ1n) is 14.3. The summed E-state index contributed by atoms with van der Waals surface area (Å²) in [6.45, 7) is 14.1. The quantitative estimate of drug-likeness (QED) is 0.101. The molecule has 1 aromatic carbocycles. The van der Waals surface area contributed by atoms with Crippen LogP contribution in [-0.4, -0.2) is 31.4 Å². The third kappa shape index (κ3) is 15.1. The predicted molar refractivity (Wildman–Crippen MR) is 150 cm³/mol. The number of esters is 1. The summed E-state index contributed by atoms with van der Waals surface area (Å²) >= 11 is 0. The Balaban J connectivity index is 3.15. The van der Waals surface area contributed by atoms with Crippen LogP contribution in [-0.2, 0) is 9.53 Å². The average molecular weight is 505 g/mol. The second kappa shape index (κ2) is 19.0. The Hall–Kier alpha value is -2.17. The lowest BCUT2D eigenvalue weighted by atomic mass is 10.1. The highest BCUT2D eigenvalue weighted by atomic mass is 16.6. The third-order valence-electron chi connectivity index (χ3n) is 5.65. The molecule has 0 atom stereocenters. The zero-order valence-corrected chi connectivity index (χ0v) is 24.0. The first-order valence-corrected chi connectivity index (χ1v) is 14.3. The second-order valence-electron chi connectivity index (χ2n) is 10.4. The van der Waals surface area contributed by atoms with E-state index in [4.69, 9.17) is 18.9 Å². The van der Waals surface area contributed by atoms with Crippen molar-refractivity contribution in [3.63, 3.8) is 0 Å². The van der Waals surface area contributed by atoms with Gasteiger partial charge < -0.3 is 18.9 Å². The van der Waals surface area contributed by atoms with Gasteiger partial charge in [0.2, 0.25) is 0 Å². The van der Waals surface area contributed by atoms with Crippen molar-refractivity contribution < 1.29 is 23.7 Å². The van der Waals surface area contributed by atoms with Gasteiger partial charge in [-0.25, -0.2) is 4.79 Å². The standard InChI is InChI=1S/C31H52O5/c1-7-10-13-16-21-33-26-24-28(34-22-17-14-11-8-2)27(19-20-30(32)36-31(4,5)6)29(25-26)35-23-18-15-12-9-3/h19-20,24-25H,7-18,21-23H2,1-6H3. The van der Waals surface area contributed by atoms with Crippen molar-refractivity contribution in [3.05, 3.63) is 23.8 Å². The summed E-state index contributed by atoms with van der Waals surface area (Å²) in [6.07, 6.45) is 16.8. The number of benzene rings is 1. The summed E-state index contributed by atoms with van der Waals surface area (Å²) in [5.74, 6) is 1.72. The number of carbonyl (C=O) groups is 1. The Morgan fingerprint density at radius 1 is 0.694 bits per heavy atom. The molecule has 1 rings (SSSR count). The van der Waals surface area contributed by atoms with Gasteiger partial charge in [-0.1, -0.05) is 78.6 Å². The molecule has 0 saturated heterocycles. The van der Waals surface area contributed by atoms with Crippen LogP contribution < -0.4 is 14.2 Å². The lowest BCUT2D eigenvalue weighted by Gasteiger charge is -2.19. The van der Waals surface area contributed by atoms with Crippen molar-refractivity contribution in [2.75, 3.05) is 19.8 Å². The number of hydrogen-bond donors (Lipinski definition) is 0. The van der Waals surface area contributed by atoms with E-state index in [2.05, 4.69) is 20.8 Å². The van der Waals surface area contributed by atoms with E-state index >= 15 is 0 Å². The Morgan fingerprint density at radius 3 is 1.56 bits per heavy atom. The number of carbonyl (C=O) groups excluding carboxylic acids is 1. The van der Waals surface area contributed by atoms with Gasteiger partial charge in [0, 0.05) is 18.2 Å². The minimum Gasteiger partial charge on any atom is -0.493 e. The van der Waals surface area contributed by atoms with Crippen molar-refractivity contribution in [2.24, 2.45) is 0 Å². The van der Waals surface area contributed by atoms with E-state index in [-0.39, 0.29) is 5.97 Å². The molecule has 206 valence electrons. The van der Waals surface area contributed by atoms with E-state index in [1.807, 2.05) is 32.9 Å². The molecule has 0 bridgehead atoms. The summed E-state index contributed by atoms with van der Waals surface area (Å²) in [5, 5.41) is 0. The fourth-order valence-electron chi connectivity index (χ4n) is 3.69. The van der Waals surface area contributed by atoms with Gasteiger partial charge in [-0.05, 0) is 46.1 Å². The first kappa shape index (κ1) is 31.9. The molecule has 0 amide bonds. The topological polar surface area (TPSA) is 54.0 Å². The van der Waals surface area contributed by atoms with E-state index in [1.54, 1.807) is 6.08 Å². The Labute approximate surface area is 220 Å². The highest BCUT2D eigenvalue weighted by Gasteiger charge is 2.17. The molecular weight excluding hydrogens is 452 g/mol. The van der Waals surface area contributed by atoms with E-state index in [0.717, 1.165) is 49.8 Å². The van der Waals surface area contributed by atoms with Gasteiger partial charge in [-0.2, -0.15) is 0 Å². The van der Waals surface area contributed by atoms with E-state index in [9.17, 15) is 4.79 Å². The van der Waals surface area contributed by atoms with Gasteiger partial charge in [0.15, 0.2) is 0 Å². The fourth-order valence-corrected chi connectivity index (χ4v) is 3.69. The first-order chi connectivity index (χ1) is 17.3. The molecule has 0 aliphatic carbocycles. The molecule has 0 spiro atoms. The molecule has 36 heavy (non-hydrogen) atoms. The molecule has 0 N–H and O–H groups in total. The normalized spacial score (nSPS) is 11.6. The van der Waals surface area contributed by atoms with Crippen LogP contribution in [0.5, 0.6) is 17.2 Å². The molecule has 0 heterocycles. The second-order valence-corrected chi connectivity index (χ2v) is 10.4. The SMILES string of the molecule is CCCCCCOc1cc(OCCCCCC)c(C=CC(=O)OC(C)(C)C)c(OCCCCCC)c1. The molecule has 0 saturated carbocycles. The van der Waals surface area contributed by atoms with Crippen LogP contribution in [0.25, 0.3) is 6.08 Å². The number of rotatable bonds is 20. The van der Waals surface area contributed by atoms with Crippen LogP contribution in [0.2, 0.25) is 0 Å². The molecule has 0 fully saturated rings.